The number of hydrogen-bond acceptors (Lipinski definition) is 3. The zero-order valence-electron chi connectivity index (χ0n) is 18.7. The fourth-order valence-corrected chi connectivity index (χ4v) is 5.65. The molecule has 3 nitrogen and oxygen atoms in total. The number of aliphatic hydroxyl groups excluding tert-OH is 1. The number of hydrogen-bond donors (Lipinski definition) is 1. The monoisotopic (exact) mass is 389 g/mol. The van der Waals surface area contributed by atoms with E-state index in [0.717, 1.165) is 18.4 Å². The van der Waals surface area contributed by atoms with Gasteiger partial charge in [-0.1, -0.05) is 41.0 Å². The van der Waals surface area contributed by atoms with Crippen molar-refractivity contribution >= 4 is 8.32 Å². The van der Waals surface area contributed by atoms with Crippen molar-refractivity contribution in [3.63, 3.8) is 0 Å². The minimum Gasteiger partial charge on any atom is -0.410 e. The molecule has 1 atom stereocenters. The molecule has 0 radical (unpaired) electrons. The van der Waals surface area contributed by atoms with Crippen molar-refractivity contribution in [1.82, 2.24) is 4.98 Å². The van der Waals surface area contributed by atoms with Crippen molar-refractivity contribution < 1.29 is 9.53 Å². The number of rotatable bonds is 4. The highest BCUT2D eigenvalue weighted by molar-refractivity contribution is 6.74. The third-order valence-corrected chi connectivity index (χ3v) is 11.8. The van der Waals surface area contributed by atoms with E-state index in [1.807, 2.05) is 0 Å². The lowest BCUT2D eigenvalue weighted by Gasteiger charge is -2.45. The van der Waals surface area contributed by atoms with Crippen LogP contribution in [0.5, 0.6) is 0 Å². The molecule has 1 N–H and O–H groups in total. The molecule has 3 rings (SSSR count). The van der Waals surface area contributed by atoms with Gasteiger partial charge in [0.25, 0.3) is 0 Å². The Morgan fingerprint density at radius 3 is 2.33 bits per heavy atom. The van der Waals surface area contributed by atoms with Crippen LogP contribution in [0.25, 0.3) is 0 Å². The predicted octanol–water partition coefficient (Wildman–Crippen LogP) is 6.19. The third kappa shape index (κ3) is 3.90. The van der Waals surface area contributed by atoms with Gasteiger partial charge in [-0.15, -0.1) is 0 Å². The molecule has 4 heteroatoms. The first-order valence-electron chi connectivity index (χ1n) is 10.7. The standard InChI is InChI=1S/C23H39NO2Si/c1-15-17(14-25)21(16-10-9-11-16)24-18-12-23(5,6)13-19(20(15)18)26-27(7,8)22(2,3)4/h16,19,25H,9-14H2,1-8H3. The number of aliphatic hydroxyl groups is 1. The first-order valence-corrected chi connectivity index (χ1v) is 13.6. The summed E-state index contributed by atoms with van der Waals surface area (Å²) in [5.41, 5.74) is 6.18. The molecule has 1 fully saturated rings. The molecule has 0 aliphatic heterocycles. The summed E-state index contributed by atoms with van der Waals surface area (Å²) in [7, 11) is -1.90. The summed E-state index contributed by atoms with van der Waals surface area (Å²) in [6.07, 6.45) is 5.85. The average Bonchev–Trinajstić information content (AvgIpc) is 2.42. The molecule has 1 saturated carbocycles. The lowest BCUT2D eigenvalue weighted by Crippen LogP contribution is -2.44. The van der Waals surface area contributed by atoms with E-state index in [1.165, 1.54) is 41.8 Å². The molecule has 1 aromatic heterocycles. The second-order valence-electron chi connectivity index (χ2n) is 11.2. The van der Waals surface area contributed by atoms with Crippen molar-refractivity contribution in [1.29, 1.82) is 0 Å². The van der Waals surface area contributed by atoms with Crippen LogP contribution in [0.2, 0.25) is 18.1 Å². The van der Waals surface area contributed by atoms with Gasteiger partial charge in [-0.05, 0) is 61.7 Å². The van der Waals surface area contributed by atoms with Crippen LogP contribution in [0.15, 0.2) is 0 Å². The zero-order chi connectivity index (χ0) is 20.2. The smallest absolute Gasteiger partial charge is 0.192 e. The average molecular weight is 390 g/mol. The Hall–Kier alpha value is -0.713. The fraction of sp³-hybridized carbons (Fsp3) is 0.783. The number of nitrogens with zero attached hydrogens (tertiary/aromatic N) is 1. The Bertz CT molecular complexity index is 714. The molecule has 0 bridgehead atoms. The molecule has 0 aromatic carbocycles. The van der Waals surface area contributed by atoms with E-state index < -0.39 is 8.32 Å². The van der Waals surface area contributed by atoms with E-state index in [4.69, 9.17) is 9.41 Å². The van der Waals surface area contributed by atoms with E-state index in [2.05, 4.69) is 54.6 Å². The van der Waals surface area contributed by atoms with Gasteiger partial charge in [0, 0.05) is 28.4 Å². The molecule has 1 unspecified atom stereocenters. The van der Waals surface area contributed by atoms with Gasteiger partial charge in [0.2, 0.25) is 0 Å². The number of fused-ring (bicyclic) bond motifs is 1. The predicted molar refractivity (Wildman–Crippen MR) is 115 cm³/mol. The van der Waals surface area contributed by atoms with E-state index >= 15 is 0 Å². The molecule has 2 aliphatic rings. The first-order chi connectivity index (χ1) is 12.4. The van der Waals surface area contributed by atoms with E-state index in [9.17, 15) is 5.11 Å². The second-order valence-corrected chi connectivity index (χ2v) is 15.9. The largest absolute Gasteiger partial charge is 0.410 e. The Kier molecular flexibility index (Phi) is 5.42. The fourth-order valence-electron chi connectivity index (χ4n) is 4.39. The Labute approximate surface area is 167 Å². The molecule has 0 saturated heterocycles. The summed E-state index contributed by atoms with van der Waals surface area (Å²) in [4.78, 5) is 5.18. The van der Waals surface area contributed by atoms with E-state index in [1.54, 1.807) is 0 Å². The molecule has 1 aromatic rings. The van der Waals surface area contributed by atoms with Crippen molar-refractivity contribution in [2.45, 2.75) is 110 Å². The van der Waals surface area contributed by atoms with Gasteiger partial charge in [0.15, 0.2) is 8.32 Å². The van der Waals surface area contributed by atoms with Gasteiger partial charge in [-0.3, -0.25) is 4.98 Å². The van der Waals surface area contributed by atoms with Crippen LogP contribution in [0, 0.1) is 12.3 Å². The quantitative estimate of drug-likeness (QED) is 0.625. The second kappa shape index (κ2) is 6.96. The Morgan fingerprint density at radius 2 is 1.85 bits per heavy atom. The zero-order valence-corrected chi connectivity index (χ0v) is 19.7. The summed E-state index contributed by atoms with van der Waals surface area (Å²) in [5, 5.41) is 10.3. The van der Waals surface area contributed by atoms with Gasteiger partial charge in [0.05, 0.1) is 12.7 Å². The summed E-state index contributed by atoms with van der Waals surface area (Å²) in [6.45, 7) is 18.6. The Balaban J connectivity index is 2.09. The van der Waals surface area contributed by atoms with E-state index in [-0.39, 0.29) is 23.2 Å². The summed E-state index contributed by atoms with van der Waals surface area (Å²) >= 11 is 0. The first kappa shape index (κ1) is 21.0. The van der Waals surface area contributed by atoms with Crippen molar-refractivity contribution in [3.05, 3.63) is 28.1 Å². The SMILES string of the molecule is Cc1c(CO)c(C2CCC2)nc2c1C(O[Si](C)(C)C(C)(C)C)CC(C)(C)C2. The molecule has 2 aliphatic carbocycles. The van der Waals surface area contributed by atoms with Gasteiger partial charge < -0.3 is 9.53 Å². The topological polar surface area (TPSA) is 42.4 Å². The lowest BCUT2D eigenvalue weighted by atomic mass is 9.72. The van der Waals surface area contributed by atoms with Gasteiger partial charge in [-0.2, -0.15) is 0 Å². The summed E-state index contributed by atoms with van der Waals surface area (Å²) in [6, 6.07) is 0. The summed E-state index contributed by atoms with van der Waals surface area (Å²) in [5.74, 6) is 0.543. The third-order valence-electron chi connectivity index (χ3n) is 7.33. The molecule has 27 heavy (non-hydrogen) atoms. The van der Waals surface area contributed by atoms with Crippen LogP contribution >= 0.6 is 0 Å². The summed E-state index contributed by atoms with van der Waals surface area (Å²) < 4.78 is 6.94. The van der Waals surface area contributed by atoms with Crippen molar-refractivity contribution in [2.75, 3.05) is 0 Å². The maximum Gasteiger partial charge on any atom is 0.192 e. The Morgan fingerprint density at radius 1 is 1.22 bits per heavy atom. The minimum atomic E-state index is -1.90. The molecule has 1 heterocycles. The lowest BCUT2D eigenvalue weighted by molar-refractivity contribution is 0.105. The van der Waals surface area contributed by atoms with Crippen LogP contribution in [0.1, 0.15) is 100 Å². The molecule has 0 amide bonds. The highest BCUT2D eigenvalue weighted by Gasteiger charge is 2.44. The van der Waals surface area contributed by atoms with Gasteiger partial charge in [-0.25, -0.2) is 0 Å². The van der Waals surface area contributed by atoms with Crippen molar-refractivity contribution in [2.24, 2.45) is 5.41 Å². The van der Waals surface area contributed by atoms with Crippen LogP contribution in [-0.2, 0) is 17.5 Å². The number of pyridine rings is 1. The van der Waals surface area contributed by atoms with E-state index in [0.29, 0.717) is 5.92 Å². The van der Waals surface area contributed by atoms with Crippen molar-refractivity contribution in [3.8, 4) is 0 Å². The maximum atomic E-state index is 10.1. The molecular formula is C23H39NO2Si. The van der Waals surface area contributed by atoms with Crippen LogP contribution in [0.3, 0.4) is 0 Å². The normalized spacial score (nSPS) is 23.1. The highest BCUT2D eigenvalue weighted by Crippen LogP contribution is 2.49. The highest BCUT2D eigenvalue weighted by atomic mass is 28.4. The molecule has 152 valence electrons. The van der Waals surface area contributed by atoms with Crippen LogP contribution < -0.4 is 0 Å². The van der Waals surface area contributed by atoms with Crippen LogP contribution in [-0.4, -0.2) is 18.4 Å². The minimum absolute atomic E-state index is 0.0914. The molecule has 0 spiro atoms. The van der Waals surface area contributed by atoms with Crippen LogP contribution in [0.4, 0.5) is 0 Å². The maximum absolute atomic E-state index is 10.1. The number of aromatic nitrogens is 1. The van der Waals surface area contributed by atoms with Gasteiger partial charge >= 0.3 is 0 Å². The molecular weight excluding hydrogens is 350 g/mol. The van der Waals surface area contributed by atoms with Gasteiger partial charge in [0.1, 0.15) is 0 Å².